The van der Waals surface area contributed by atoms with Crippen LogP contribution >= 0.6 is 27.3 Å². The highest BCUT2D eigenvalue weighted by Crippen LogP contribution is 2.46. The number of thiophene rings is 1. The highest BCUT2D eigenvalue weighted by atomic mass is 79.9. The van der Waals surface area contributed by atoms with Crippen molar-refractivity contribution in [3.05, 3.63) is 95.5 Å². The summed E-state index contributed by atoms with van der Waals surface area (Å²) >= 11 is 5.47. The molecule has 0 bridgehead atoms. The molecule has 0 radical (unpaired) electrons. The van der Waals surface area contributed by atoms with Gasteiger partial charge >= 0.3 is 0 Å². The lowest BCUT2D eigenvalue weighted by molar-refractivity contribution is 1.64. The molecule has 0 saturated carbocycles. The standard InChI is InChI=1S/C26H15BrS/c27-19-12-9-17(10-13-19)22-15-18-6-2-4-8-21(18)25-24-20-7-3-1-5-16(20)11-14-23(24)28-26(22)25/h1-15H. The van der Waals surface area contributed by atoms with Crippen LogP contribution in [0.1, 0.15) is 0 Å². The van der Waals surface area contributed by atoms with Crippen LogP contribution in [0.3, 0.4) is 0 Å². The molecule has 0 N–H and O–H groups in total. The summed E-state index contributed by atoms with van der Waals surface area (Å²) in [5.74, 6) is 0. The molecule has 132 valence electrons. The molecule has 28 heavy (non-hydrogen) atoms. The monoisotopic (exact) mass is 438 g/mol. The molecule has 0 aliphatic carbocycles. The summed E-state index contributed by atoms with van der Waals surface area (Å²) in [6.45, 7) is 0. The zero-order chi connectivity index (χ0) is 18.7. The second-order valence-electron chi connectivity index (χ2n) is 7.12. The fraction of sp³-hybridized carbons (Fsp3) is 0. The number of fused-ring (bicyclic) bond motifs is 7. The van der Waals surface area contributed by atoms with E-state index in [2.05, 4.69) is 107 Å². The van der Waals surface area contributed by atoms with Crippen molar-refractivity contribution in [2.24, 2.45) is 0 Å². The van der Waals surface area contributed by atoms with Crippen LogP contribution in [-0.2, 0) is 0 Å². The third-order valence-corrected chi connectivity index (χ3v) is 7.23. The van der Waals surface area contributed by atoms with Crippen LogP contribution in [0.15, 0.2) is 95.5 Å². The van der Waals surface area contributed by atoms with Gasteiger partial charge in [0.1, 0.15) is 0 Å². The fourth-order valence-electron chi connectivity index (χ4n) is 4.23. The minimum atomic E-state index is 1.11. The van der Waals surface area contributed by atoms with E-state index in [0.29, 0.717) is 0 Å². The first-order valence-electron chi connectivity index (χ1n) is 9.31. The van der Waals surface area contributed by atoms with E-state index in [1.165, 1.54) is 52.8 Å². The van der Waals surface area contributed by atoms with E-state index >= 15 is 0 Å². The molecule has 6 aromatic rings. The van der Waals surface area contributed by atoms with Crippen molar-refractivity contribution in [2.45, 2.75) is 0 Å². The summed E-state index contributed by atoms with van der Waals surface area (Å²) in [6.07, 6.45) is 0. The fourth-order valence-corrected chi connectivity index (χ4v) is 5.77. The first kappa shape index (κ1) is 16.3. The number of benzene rings is 5. The molecule has 5 aromatic carbocycles. The van der Waals surface area contributed by atoms with E-state index in [1.54, 1.807) is 0 Å². The first-order valence-corrected chi connectivity index (χ1v) is 10.9. The lowest BCUT2D eigenvalue weighted by Crippen LogP contribution is -1.82. The maximum Gasteiger partial charge on any atom is 0.0440 e. The predicted octanol–water partition coefficient (Wildman–Crippen LogP) is 8.79. The zero-order valence-electron chi connectivity index (χ0n) is 14.9. The molecular formula is C26H15BrS. The van der Waals surface area contributed by atoms with Crippen LogP contribution in [0.2, 0.25) is 0 Å². The maximum absolute atomic E-state index is 3.57. The van der Waals surface area contributed by atoms with E-state index in [4.69, 9.17) is 0 Å². The van der Waals surface area contributed by atoms with Gasteiger partial charge in [-0.05, 0) is 51.4 Å². The molecular weight excluding hydrogens is 424 g/mol. The molecule has 0 amide bonds. The Morgan fingerprint density at radius 1 is 0.607 bits per heavy atom. The van der Waals surface area contributed by atoms with Gasteiger partial charge in [0.15, 0.2) is 0 Å². The predicted molar refractivity (Wildman–Crippen MR) is 127 cm³/mol. The van der Waals surface area contributed by atoms with Crippen molar-refractivity contribution >= 4 is 69.0 Å². The molecule has 0 saturated heterocycles. The molecule has 1 aromatic heterocycles. The van der Waals surface area contributed by atoms with Gasteiger partial charge in [0.2, 0.25) is 0 Å². The Morgan fingerprint density at radius 2 is 1.29 bits per heavy atom. The number of halogens is 1. The van der Waals surface area contributed by atoms with Crippen molar-refractivity contribution in [1.29, 1.82) is 0 Å². The van der Waals surface area contributed by atoms with Gasteiger partial charge in [-0.1, -0.05) is 82.7 Å². The number of hydrogen-bond donors (Lipinski definition) is 0. The minimum Gasteiger partial charge on any atom is -0.134 e. The Hall–Kier alpha value is -2.68. The quantitative estimate of drug-likeness (QED) is 0.240. The Morgan fingerprint density at radius 3 is 2.07 bits per heavy atom. The third-order valence-electron chi connectivity index (χ3n) is 5.51. The summed E-state index contributed by atoms with van der Waals surface area (Å²) in [5.41, 5.74) is 2.57. The van der Waals surface area contributed by atoms with Gasteiger partial charge < -0.3 is 0 Å². The van der Waals surface area contributed by atoms with Crippen molar-refractivity contribution in [3.8, 4) is 11.1 Å². The van der Waals surface area contributed by atoms with Gasteiger partial charge in [-0.2, -0.15) is 0 Å². The van der Waals surface area contributed by atoms with E-state index in [9.17, 15) is 0 Å². The van der Waals surface area contributed by atoms with Crippen LogP contribution in [-0.4, -0.2) is 0 Å². The minimum absolute atomic E-state index is 1.11. The zero-order valence-corrected chi connectivity index (χ0v) is 17.3. The van der Waals surface area contributed by atoms with E-state index in [-0.39, 0.29) is 0 Å². The molecule has 0 atom stereocenters. The highest BCUT2D eigenvalue weighted by molar-refractivity contribution is 9.10. The summed E-state index contributed by atoms with van der Waals surface area (Å²) < 4.78 is 3.83. The van der Waals surface area contributed by atoms with Gasteiger partial charge in [0.05, 0.1) is 0 Å². The van der Waals surface area contributed by atoms with Crippen molar-refractivity contribution in [1.82, 2.24) is 0 Å². The summed E-state index contributed by atoms with van der Waals surface area (Å²) in [4.78, 5) is 0. The van der Waals surface area contributed by atoms with Crippen LogP contribution in [0.25, 0.3) is 52.8 Å². The van der Waals surface area contributed by atoms with E-state index < -0.39 is 0 Å². The average molecular weight is 439 g/mol. The SMILES string of the molecule is Brc1ccc(-c2cc3ccccc3c3c2sc2ccc4ccccc4c23)cc1. The molecule has 0 nitrogen and oxygen atoms in total. The summed E-state index contributed by atoms with van der Waals surface area (Å²) in [5, 5.41) is 8.03. The van der Waals surface area contributed by atoms with Gasteiger partial charge in [-0.3, -0.25) is 0 Å². The topological polar surface area (TPSA) is 0 Å². The van der Waals surface area contributed by atoms with Crippen LogP contribution in [0.4, 0.5) is 0 Å². The summed E-state index contributed by atoms with van der Waals surface area (Å²) in [6, 6.07) is 33.0. The number of hydrogen-bond acceptors (Lipinski definition) is 1. The molecule has 1 heterocycles. The molecule has 6 rings (SSSR count). The van der Waals surface area contributed by atoms with Gasteiger partial charge in [-0.15, -0.1) is 11.3 Å². The van der Waals surface area contributed by atoms with Crippen LogP contribution < -0.4 is 0 Å². The first-order chi connectivity index (χ1) is 13.8. The molecule has 0 unspecified atom stereocenters. The highest BCUT2D eigenvalue weighted by Gasteiger charge is 2.16. The van der Waals surface area contributed by atoms with Gasteiger partial charge in [0.25, 0.3) is 0 Å². The molecule has 0 aliphatic heterocycles. The normalized spacial score (nSPS) is 11.8. The molecule has 2 heteroatoms. The average Bonchev–Trinajstić information content (AvgIpc) is 3.14. The Labute approximate surface area is 175 Å². The summed E-state index contributed by atoms with van der Waals surface area (Å²) in [7, 11) is 0. The molecule has 0 aliphatic rings. The van der Waals surface area contributed by atoms with Crippen molar-refractivity contribution < 1.29 is 0 Å². The molecule has 0 spiro atoms. The third kappa shape index (κ3) is 2.35. The Balaban J connectivity index is 1.88. The second kappa shape index (κ2) is 6.16. The van der Waals surface area contributed by atoms with Crippen molar-refractivity contribution in [2.75, 3.05) is 0 Å². The lowest BCUT2D eigenvalue weighted by atomic mass is 9.95. The van der Waals surface area contributed by atoms with Gasteiger partial charge in [0, 0.05) is 30.2 Å². The second-order valence-corrected chi connectivity index (χ2v) is 9.09. The lowest BCUT2D eigenvalue weighted by Gasteiger charge is -2.09. The van der Waals surface area contributed by atoms with Crippen LogP contribution in [0, 0.1) is 0 Å². The van der Waals surface area contributed by atoms with E-state index in [0.717, 1.165) is 4.47 Å². The van der Waals surface area contributed by atoms with Gasteiger partial charge in [-0.25, -0.2) is 0 Å². The number of rotatable bonds is 1. The van der Waals surface area contributed by atoms with Crippen molar-refractivity contribution in [3.63, 3.8) is 0 Å². The Kier molecular flexibility index (Phi) is 3.59. The van der Waals surface area contributed by atoms with Crippen LogP contribution in [0.5, 0.6) is 0 Å². The Bertz CT molecular complexity index is 1510. The maximum atomic E-state index is 3.57. The smallest absolute Gasteiger partial charge is 0.0440 e. The molecule has 0 fully saturated rings. The van der Waals surface area contributed by atoms with E-state index in [1.807, 2.05) is 11.3 Å². The largest absolute Gasteiger partial charge is 0.134 e.